The molecule has 0 radical (unpaired) electrons. The van der Waals surface area contributed by atoms with Crippen LogP contribution in [0.4, 0.5) is 4.79 Å². The van der Waals surface area contributed by atoms with Gasteiger partial charge in [-0.2, -0.15) is 0 Å². The molecule has 3 aromatic rings. The number of nitrogens with one attached hydrogen (secondary N) is 2. The summed E-state index contributed by atoms with van der Waals surface area (Å²) in [4.78, 5) is 39.1. The molecule has 5 N–H and O–H groups in total. The van der Waals surface area contributed by atoms with Crippen LogP contribution >= 0.6 is 0 Å². The number of carbonyl (C=O) groups is 3. The SMILES string of the molecule is C=CCOc1ccc(C[C@H](NC(=O)[C@H](CCCC[NH3+])NC(=O)OCC2c3ccccc3-c3ccccc32)C(=O)OC)cc1. The molecule has 0 spiro atoms. The number of alkyl carbamates (subject to hydrolysis) is 1. The van der Waals surface area contributed by atoms with Crippen molar-refractivity contribution >= 4 is 18.0 Å². The first-order valence-electron chi connectivity index (χ1n) is 14.6. The molecule has 0 saturated heterocycles. The van der Waals surface area contributed by atoms with Crippen molar-refractivity contribution < 1.29 is 34.3 Å². The van der Waals surface area contributed by atoms with Crippen LogP contribution < -0.4 is 21.1 Å². The van der Waals surface area contributed by atoms with Gasteiger partial charge < -0.3 is 30.6 Å². The van der Waals surface area contributed by atoms with Crippen LogP contribution in [0.15, 0.2) is 85.5 Å². The van der Waals surface area contributed by atoms with Crippen LogP contribution in [0.3, 0.4) is 0 Å². The van der Waals surface area contributed by atoms with Gasteiger partial charge in [0.05, 0.1) is 13.7 Å². The fourth-order valence-corrected chi connectivity index (χ4v) is 5.30. The Bertz CT molecular complexity index is 1360. The summed E-state index contributed by atoms with van der Waals surface area (Å²) < 4.78 is 16.2. The summed E-state index contributed by atoms with van der Waals surface area (Å²) in [5.74, 6) is -0.509. The largest absolute Gasteiger partial charge is 0.490 e. The van der Waals surface area contributed by atoms with Gasteiger partial charge in [-0.1, -0.05) is 73.3 Å². The molecule has 0 aliphatic heterocycles. The second kappa shape index (κ2) is 15.6. The molecule has 0 heterocycles. The highest BCUT2D eigenvalue weighted by Crippen LogP contribution is 2.44. The summed E-state index contributed by atoms with van der Waals surface area (Å²) >= 11 is 0. The second-order valence-corrected chi connectivity index (χ2v) is 10.4. The highest BCUT2D eigenvalue weighted by atomic mass is 16.5. The maximum atomic E-state index is 13.4. The van der Waals surface area contributed by atoms with Gasteiger partial charge in [-0.05, 0) is 59.2 Å². The van der Waals surface area contributed by atoms with Crippen molar-refractivity contribution in [2.75, 3.05) is 26.9 Å². The van der Waals surface area contributed by atoms with E-state index in [9.17, 15) is 14.4 Å². The lowest BCUT2D eigenvalue weighted by Gasteiger charge is -2.23. The number of unbranched alkanes of at least 4 members (excludes halogenated alkanes) is 1. The third-order valence-electron chi connectivity index (χ3n) is 7.48. The highest BCUT2D eigenvalue weighted by Gasteiger charge is 2.31. The number of quaternary nitrogens is 1. The maximum Gasteiger partial charge on any atom is 0.407 e. The minimum atomic E-state index is -0.947. The summed E-state index contributed by atoms with van der Waals surface area (Å²) in [6, 6.07) is 21.5. The lowest BCUT2D eigenvalue weighted by Crippen LogP contribution is -2.53. The Hall–Kier alpha value is -4.63. The number of hydrogen-bond donors (Lipinski definition) is 3. The normalized spacial score (nSPS) is 13.2. The maximum absolute atomic E-state index is 13.4. The van der Waals surface area contributed by atoms with Crippen LogP contribution in [0.5, 0.6) is 5.75 Å². The number of benzene rings is 3. The standard InChI is InChI=1S/C34H39N3O6/c1-3-20-42-24-17-15-23(16-18-24)21-31(33(39)41-2)36-32(38)30(14-8-9-19-35)37-34(40)43-22-29-27-12-6-4-10-25(27)26-11-5-7-13-28(26)29/h3-7,10-13,15-18,29-31H,1,8-9,14,19-22,35H2,2H3,(H,36,38)(H,37,40)/p+1/t30-,31-/m0/s1. The van der Waals surface area contributed by atoms with Crippen LogP contribution in [-0.2, 0) is 25.5 Å². The Kier molecular flexibility index (Phi) is 11.3. The van der Waals surface area contributed by atoms with E-state index in [4.69, 9.17) is 14.2 Å². The molecule has 1 aliphatic carbocycles. The molecule has 2 atom stereocenters. The average molecular weight is 587 g/mol. The van der Waals surface area contributed by atoms with Crippen LogP contribution in [0.25, 0.3) is 11.1 Å². The molecular formula is C34H40N3O6+. The van der Waals surface area contributed by atoms with Gasteiger partial charge in [0.25, 0.3) is 0 Å². The first-order valence-corrected chi connectivity index (χ1v) is 14.6. The monoisotopic (exact) mass is 586 g/mol. The van der Waals surface area contributed by atoms with E-state index in [1.165, 1.54) is 7.11 Å². The third kappa shape index (κ3) is 8.23. The van der Waals surface area contributed by atoms with Gasteiger partial charge >= 0.3 is 12.1 Å². The first-order chi connectivity index (χ1) is 20.9. The van der Waals surface area contributed by atoms with Crippen LogP contribution in [-0.4, -0.2) is 56.9 Å². The third-order valence-corrected chi connectivity index (χ3v) is 7.48. The number of fused-ring (bicyclic) bond motifs is 3. The molecule has 0 bridgehead atoms. The van der Waals surface area contributed by atoms with E-state index in [1.807, 2.05) is 48.5 Å². The van der Waals surface area contributed by atoms with E-state index in [1.54, 1.807) is 18.2 Å². The lowest BCUT2D eigenvalue weighted by molar-refractivity contribution is -0.368. The quantitative estimate of drug-likeness (QED) is 0.141. The minimum Gasteiger partial charge on any atom is -0.490 e. The van der Waals surface area contributed by atoms with Gasteiger partial charge in [0, 0.05) is 12.3 Å². The van der Waals surface area contributed by atoms with Gasteiger partial charge in [-0.3, -0.25) is 4.79 Å². The van der Waals surface area contributed by atoms with Gasteiger partial charge in [0.2, 0.25) is 5.91 Å². The zero-order chi connectivity index (χ0) is 30.6. The summed E-state index contributed by atoms with van der Waals surface area (Å²) in [5, 5.41) is 5.51. The molecular weight excluding hydrogens is 546 g/mol. The molecule has 2 amide bonds. The second-order valence-electron chi connectivity index (χ2n) is 10.4. The summed E-state index contributed by atoms with van der Waals surface area (Å²) in [7, 11) is 1.27. The van der Waals surface area contributed by atoms with E-state index in [2.05, 4.69) is 35.1 Å². The molecule has 3 aromatic carbocycles. The lowest BCUT2D eigenvalue weighted by atomic mass is 9.98. The molecule has 0 saturated carbocycles. The van der Waals surface area contributed by atoms with Crippen molar-refractivity contribution in [2.24, 2.45) is 0 Å². The van der Waals surface area contributed by atoms with Crippen molar-refractivity contribution in [3.63, 3.8) is 0 Å². The van der Waals surface area contributed by atoms with Crippen molar-refractivity contribution in [3.8, 4) is 16.9 Å². The first kappa shape index (κ1) is 31.3. The molecule has 0 fully saturated rings. The van der Waals surface area contributed by atoms with Crippen molar-refractivity contribution in [3.05, 3.63) is 102 Å². The smallest absolute Gasteiger partial charge is 0.407 e. The number of ether oxygens (including phenoxy) is 3. The highest BCUT2D eigenvalue weighted by molar-refractivity contribution is 5.89. The summed E-state index contributed by atoms with van der Waals surface area (Å²) in [6.07, 6.45) is 2.99. The fraction of sp³-hybridized carbons (Fsp3) is 0.324. The number of esters is 1. The van der Waals surface area contributed by atoms with Crippen molar-refractivity contribution in [1.29, 1.82) is 0 Å². The number of rotatable bonds is 15. The van der Waals surface area contributed by atoms with Gasteiger partial charge in [-0.25, -0.2) is 9.59 Å². The van der Waals surface area contributed by atoms with Gasteiger partial charge in [0.1, 0.15) is 31.0 Å². The molecule has 9 nitrogen and oxygen atoms in total. The molecule has 0 unspecified atom stereocenters. The van der Waals surface area contributed by atoms with E-state index in [-0.39, 0.29) is 18.9 Å². The Morgan fingerprint density at radius 1 is 0.907 bits per heavy atom. The summed E-state index contributed by atoms with van der Waals surface area (Å²) in [6.45, 7) is 4.85. The Morgan fingerprint density at radius 3 is 2.16 bits per heavy atom. The van der Waals surface area contributed by atoms with E-state index >= 15 is 0 Å². The van der Waals surface area contributed by atoms with Crippen molar-refractivity contribution in [2.45, 2.75) is 43.7 Å². The summed E-state index contributed by atoms with van der Waals surface area (Å²) in [5.41, 5.74) is 9.13. The predicted molar refractivity (Wildman–Crippen MR) is 163 cm³/mol. The van der Waals surface area contributed by atoms with Crippen molar-refractivity contribution in [1.82, 2.24) is 10.6 Å². The Morgan fingerprint density at radius 2 is 1.56 bits per heavy atom. The van der Waals surface area contributed by atoms with E-state index < -0.39 is 30.1 Å². The molecule has 0 aromatic heterocycles. The average Bonchev–Trinajstić information content (AvgIpc) is 3.35. The molecule has 226 valence electrons. The fourth-order valence-electron chi connectivity index (χ4n) is 5.30. The number of carbonyl (C=O) groups excluding carboxylic acids is 3. The van der Waals surface area contributed by atoms with E-state index in [0.29, 0.717) is 31.7 Å². The number of amides is 2. The topological polar surface area (TPSA) is 131 Å². The molecule has 1 aliphatic rings. The van der Waals surface area contributed by atoms with Crippen LogP contribution in [0.1, 0.15) is 41.9 Å². The van der Waals surface area contributed by atoms with Crippen LogP contribution in [0.2, 0.25) is 0 Å². The molecule has 4 rings (SSSR count). The Balaban J connectivity index is 1.41. The van der Waals surface area contributed by atoms with Gasteiger partial charge in [-0.15, -0.1) is 0 Å². The predicted octanol–water partition coefficient (Wildman–Crippen LogP) is 3.77. The number of methoxy groups -OCH3 is 1. The molecule has 9 heteroatoms. The zero-order valence-electron chi connectivity index (χ0n) is 24.6. The van der Waals surface area contributed by atoms with Gasteiger partial charge in [0.15, 0.2) is 0 Å². The molecule has 43 heavy (non-hydrogen) atoms. The zero-order valence-corrected chi connectivity index (χ0v) is 24.6. The number of hydrogen-bond acceptors (Lipinski definition) is 6. The minimum absolute atomic E-state index is 0.103. The van der Waals surface area contributed by atoms with E-state index in [0.717, 1.165) is 34.2 Å². The Labute approximate surface area is 252 Å². The van der Waals surface area contributed by atoms with Crippen LogP contribution in [0, 0.1) is 0 Å².